The molecule has 0 aliphatic rings. The normalized spacial score (nSPS) is 11.7. The molecule has 0 fully saturated rings. The van der Waals surface area contributed by atoms with Crippen LogP contribution in [-0.4, -0.2) is 25.0 Å². The standard InChI is InChI=1S/C18H18F2N2O3/c1-12(13-7-3-2-4-8-13)22-16(23)11-21-17(24)14-9-5-6-10-15(14)25-18(19)20/h2-10,12,18H,11H2,1H3,(H,21,24)(H,22,23)/t12-/m0/s1. The first kappa shape index (κ1) is 18.4. The highest BCUT2D eigenvalue weighted by Crippen LogP contribution is 2.20. The van der Waals surface area contributed by atoms with Gasteiger partial charge in [-0.2, -0.15) is 8.78 Å². The van der Waals surface area contributed by atoms with Crippen molar-refractivity contribution < 1.29 is 23.1 Å². The summed E-state index contributed by atoms with van der Waals surface area (Å²) in [4.78, 5) is 24.0. The van der Waals surface area contributed by atoms with Crippen molar-refractivity contribution >= 4 is 11.8 Å². The van der Waals surface area contributed by atoms with Crippen molar-refractivity contribution in [3.63, 3.8) is 0 Å². The lowest BCUT2D eigenvalue weighted by Gasteiger charge is -2.15. The molecular formula is C18H18F2N2O3. The van der Waals surface area contributed by atoms with Gasteiger partial charge in [-0.25, -0.2) is 0 Å². The molecule has 1 atom stereocenters. The van der Waals surface area contributed by atoms with Gasteiger partial charge in [0.2, 0.25) is 5.91 Å². The summed E-state index contributed by atoms with van der Waals surface area (Å²) < 4.78 is 29.0. The van der Waals surface area contributed by atoms with Crippen molar-refractivity contribution in [3.05, 3.63) is 65.7 Å². The third kappa shape index (κ3) is 5.56. The summed E-state index contributed by atoms with van der Waals surface area (Å²) in [5.74, 6) is -1.30. The van der Waals surface area contributed by atoms with E-state index in [0.29, 0.717) is 0 Å². The van der Waals surface area contributed by atoms with Gasteiger partial charge in [0, 0.05) is 0 Å². The van der Waals surface area contributed by atoms with E-state index in [0.717, 1.165) is 5.56 Å². The quantitative estimate of drug-likeness (QED) is 0.808. The fourth-order valence-electron chi connectivity index (χ4n) is 2.23. The van der Waals surface area contributed by atoms with E-state index in [1.807, 2.05) is 37.3 Å². The van der Waals surface area contributed by atoms with E-state index in [1.54, 1.807) is 0 Å². The summed E-state index contributed by atoms with van der Waals surface area (Å²) in [6, 6.07) is 14.7. The Labute approximate surface area is 144 Å². The predicted molar refractivity (Wildman–Crippen MR) is 88.4 cm³/mol. The number of hydrogen-bond acceptors (Lipinski definition) is 3. The number of hydrogen-bond donors (Lipinski definition) is 2. The molecule has 2 rings (SSSR count). The minimum Gasteiger partial charge on any atom is -0.434 e. The van der Waals surface area contributed by atoms with Gasteiger partial charge in [0.15, 0.2) is 0 Å². The highest BCUT2D eigenvalue weighted by atomic mass is 19.3. The summed E-state index contributed by atoms with van der Waals surface area (Å²) in [6.45, 7) is -1.50. The second-order valence-corrected chi connectivity index (χ2v) is 5.26. The number of benzene rings is 2. The molecule has 0 aliphatic heterocycles. The van der Waals surface area contributed by atoms with E-state index < -0.39 is 18.4 Å². The Morgan fingerprint density at radius 1 is 1.04 bits per heavy atom. The lowest BCUT2D eigenvalue weighted by atomic mass is 10.1. The van der Waals surface area contributed by atoms with E-state index in [1.165, 1.54) is 24.3 Å². The van der Waals surface area contributed by atoms with E-state index >= 15 is 0 Å². The Morgan fingerprint density at radius 3 is 2.36 bits per heavy atom. The maximum Gasteiger partial charge on any atom is 0.387 e. The molecule has 2 amide bonds. The molecule has 0 saturated carbocycles. The summed E-state index contributed by atoms with van der Waals surface area (Å²) in [6.07, 6.45) is 0. The number of alkyl halides is 2. The molecule has 0 spiro atoms. The zero-order valence-corrected chi connectivity index (χ0v) is 13.5. The van der Waals surface area contributed by atoms with E-state index in [9.17, 15) is 18.4 Å². The average Bonchev–Trinajstić information content (AvgIpc) is 2.60. The molecule has 0 saturated heterocycles. The molecule has 0 unspecified atom stereocenters. The van der Waals surface area contributed by atoms with Gasteiger partial charge in [-0.1, -0.05) is 42.5 Å². The highest BCUT2D eigenvalue weighted by Gasteiger charge is 2.16. The number of rotatable bonds is 7. The molecule has 2 aromatic rings. The van der Waals surface area contributed by atoms with E-state index in [2.05, 4.69) is 15.4 Å². The molecule has 5 nitrogen and oxygen atoms in total. The number of nitrogens with one attached hydrogen (secondary N) is 2. The molecule has 0 bridgehead atoms. The van der Waals surface area contributed by atoms with Crippen molar-refractivity contribution in [1.29, 1.82) is 0 Å². The van der Waals surface area contributed by atoms with Crippen LogP contribution in [0.15, 0.2) is 54.6 Å². The molecule has 7 heteroatoms. The first-order chi connectivity index (χ1) is 12.0. The lowest BCUT2D eigenvalue weighted by molar-refractivity contribution is -0.120. The molecule has 132 valence electrons. The topological polar surface area (TPSA) is 67.4 Å². The van der Waals surface area contributed by atoms with Crippen LogP contribution in [-0.2, 0) is 4.79 Å². The maximum absolute atomic E-state index is 12.4. The fourth-order valence-corrected chi connectivity index (χ4v) is 2.23. The second-order valence-electron chi connectivity index (χ2n) is 5.26. The fraction of sp³-hybridized carbons (Fsp3) is 0.222. The second kappa shape index (κ2) is 8.77. The number of carbonyl (C=O) groups is 2. The van der Waals surface area contributed by atoms with Gasteiger partial charge in [-0.3, -0.25) is 9.59 Å². The summed E-state index contributed by atoms with van der Waals surface area (Å²) in [5, 5.41) is 5.14. The zero-order valence-electron chi connectivity index (χ0n) is 13.5. The molecule has 0 aliphatic carbocycles. The maximum atomic E-state index is 12.4. The lowest BCUT2D eigenvalue weighted by Crippen LogP contribution is -2.38. The summed E-state index contributed by atoms with van der Waals surface area (Å²) in [7, 11) is 0. The molecule has 0 aromatic heterocycles. The van der Waals surface area contributed by atoms with Gasteiger partial charge < -0.3 is 15.4 Å². The van der Waals surface area contributed by atoms with Crippen LogP contribution in [0.4, 0.5) is 8.78 Å². The molecule has 0 heterocycles. The Morgan fingerprint density at radius 2 is 1.68 bits per heavy atom. The minimum atomic E-state index is -3.04. The van der Waals surface area contributed by atoms with Crippen molar-refractivity contribution in [2.75, 3.05) is 6.54 Å². The predicted octanol–water partition coefficient (Wildman–Crippen LogP) is 2.90. The van der Waals surface area contributed by atoms with E-state index in [-0.39, 0.29) is 23.9 Å². The number of halogens is 2. The van der Waals surface area contributed by atoms with Gasteiger partial charge in [0.05, 0.1) is 18.2 Å². The van der Waals surface area contributed by atoms with Crippen LogP contribution >= 0.6 is 0 Å². The van der Waals surface area contributed by atoms with Crippen LogP contribution < -0.4 is 15.4 Å². The van der Waals surface area contributed by atoms with Crippen molar-refractivity contribution in [2.24, 2.45) is 0 Å². The first-order valence-corrected chi connectivity index (χ1v) is 7.63. The molecule has 25 heavy (non-hydrogen) atoms. The zero-order chi connectivity index (χ0) is 18.2. The first-order valence-electron chi connectivity index (χ1n) is 7.63. The number of carbonyl (C=O) groups excluding carboxylic acids is 2. The van der Waals surface area contributed by atoms with Gasteiger partial charge in [0.1, 0.15) is 5.75 Å². The Bertz CT molecular complexity index is 723. The minimum absolute atomic E-state index is 0.0632. The number of amides is 2. The Balaban J connectivity index is 1.90. The highest BCUT2D eigenvalue weighted by molar-refractivity contribution is 5.98. The largest absolute Gasteiger partial charge is 0.434 e. The Hall–Kier alpha value is -2.96. The van der Waals surface area contributed by atoms with Gasteiger partial charge in [-0.15, -0.1) is 0 Å². The van der Waals surface area contributed by atoms with Gasteiger partial charge >= 0.3 is 6.61 Å². The third-order valence-electron chi connectivity index (χ3n) is 3.43. The number of ether oxygens (including phenoxy) is 1. The van der Waals surface area contributed by atoms with Crippen molar-refractivity contribution in [2.45, 2.75) is 19.6 Å². The van der Waals surface area contributed by atoms with Crippen LogP contribution in [0.1, 0.15) is 28.9 Å². The molecule has 2 N–H and O–H groups in total. The van der Waals surface area contributed by atoms with Crippen LogP contribution in [0.25, 0.3) is 0 Å². The molecule has 2 aromatic carbocycles. The van der Waals surface area contributed by atoms with Crippen LogP contribution in [0.3, 0.4) is 0 Å². The monoisotopic (exact) mass is 348 g/mol. The van der Waals surface area contributed by atoms with Gasteiger partial charge in [-0.05, 0) is 24.6 Å². The van der Waals surface area contributed by atoms with Crippen LogP contribution in [0, 0.1) is 0 Å². The SMILES string of the molecule is C[C@H](NC(=O)CNC(=O)c1ccccc1OC(F)F)c1ccccc1. The van der Waals surface area contributed by atoms with Crippen LogP contribution in [0.5, 0.6) is 5.75 Å². The summed E-state index contributed by atoms with van der Waals surface area (Å²) >= 11 is 0. The number of para-hydroxylation sites is 1. The Kier molecular flexibility index (Phi) is 6.45. The molecule has 0 radical (unpaired) electrons. The average molecular weight is 348 g/mol. The van der Waals surface area contributed by atoms with E-state index in [4.69, 9.17) is 0 Å². The van der Waals surface area contributed by atoms with Crippen molar-refractivity contribution in [1.82, 2.24) is 10.6 Å². The van der Waals surface area contributed by atoms with Gasteiger partial charge in [0.25, 0.3) is 5.91 Å². The smallest absolute Gasteiger partial charge is 0.387 e. The van der Waals surface area contributed by atoms with Crippen molar-refractivity contribution in [3.8, 4) is 5.75 Å². The van der Waals surface area contributed by atoms with Crippen LogP contribution in [0.2, 0.25) is 0 Å². The third-order valence-corrected chi connectivity index (χ3v) is 3.43. The summed E-state index contributed by atoms with van der Waals surface area (Å²) in [5.41, 5.74) is 0.865. The molecular weight excluding hydrogens is 330 g/mol.